The maximum atomic E-state index is 12.6. The van der Waals surface area contributed by atoms with Crippen LogP contribution in [0.15, 0.2) is 121 Å². The van der Waals surface area contributed by atoms with Crippen molar-refractivity contribution in [2.24, 2.45) is 0 Å². The van der Waals surface area contributed by atoms with Crippen LogP contribution in [-0.2, 0) is 9.84 Å². The fraction of sp³-hybridized carbons (Fsp3) is 0.250. The number of aliphatic hydroxyl groups excluding tert-OH is 1. The quantitative estimate of drug-likeness (QED) is 0.316. The van der Waals surface area contributed by atoms with Gasteiger partial charge < -0.3 is 10.4 Å². The Morgan fingerprint density at radius 1 is 0.684 bits per heavy atom. The summed E-state index contributed by atoms with van der Waals surface area (Å²) >= 11 is 0. The summed E-state index contributed by atoms with van der Waals surface area (Å²) in [5.74, 6) is -0.250. The number of hydrogen-bond donors (Lipinski definition) is 2. The lowest BCUT2D eigenvalue weighted by atomic mass is 9.94. The van der Waals surface area contributed by atoms with Crippen LogP contribution < -0.4 is 5.32 Å². The molecule has 0 bridgehead atoms. The molecule has 38 heavy (non-hydrogen) atoms. The Morgan fingerprint density at radius 3 is 1.50 bits per heavy atom. The van der Waals surface area contributed by atoms with E-state index in [4.69, 9.17) is 0 Å². The van der Waals surface area contributed by atoms with Gasteiger partial charge in [0.1, 0.15) is 0 Å². The monoisotopic (exact) mass is 526 g/mol. The smallest absolute Gasteiger partial charge is 0.154 e. The summed E-state index contributed by atoms with van der Waals surface area (Å²) in [7, 11) is -3.33. The third-order valence-electron chi connectivity index (χ3n) is 7.27. The Labute approximate surface area is 225 Å². The van der Waals surface area contributed by atoms with Gasteiger partial charge in [0, 0.05) is 13.1 Å². The second kappa shape index (κ2) is 12.0. The number of aliphatic hydroxyl groups is 1. The van der Waals surface area contributed by atoms with E-state index in [1.165, 1.54) is 0 Å². The third kappa shape index (κ3) is 6.22. The average molecular weight is 527 g/mol. The first-order chi connectivity index (χ1) is 18.5. The van der Waals surface area contributed by atoms with Gasteiger partial charge in [-0.2, -0.15) is 0 Å². The molecular formula is C32H34N2O3S. The second-order valence-electron chi connectivity index (χ2n) is 9.88. The van der Waals surface area contributed by atoms with Gasteiger partial charge in [-0.15, -0.1) is 0 Å². The molecule has 1 saturated heterocycles. The molecule has 5 rings (SSSR count). The lowest BCUT2D eigenvalue weighted by molar-refractivity contribution is 0.0641. The number of sulfone groups is 1. The average Bonchev–Trinajstić information content (AvgIpc) is 3.24. The topological polar surface area (TPSA) is 69.6 Å². The van der Waals surface area contributed by atoms with Gasteiger partial charge in [0.25, 0.3) is 0 Å². The molecule has 0 saturated carbocycles. The van der Waals surface area contributed by atoms with E-state index in [-0.39, 0.29) is 23.6 Å². The zero-order valence-electron chi connectivity index (χ0n) is 21.3. The number of benzene rings is 4. The molecule has 1 heterocycles. The highest BCUT2D eigenvalue weighted by molar-refractivity contribution is 7.91. The summed E-state index contributed by atoms with van der Waals surface area (Å²) in [4.78, 5) is 2.18. The number of rotatable bonds is 10. The molecule has 1 aliphatic heterocycles. The summed E-state index contributed by atoms with van der Waals surface area (Å²) < 4.78 is 25.2. The molecule has 6 heteroatoms. The Balaban J connectivity index is 1.47. The maximum Gasteiger partial charge on any atom is 0.154 e. The summed E-state index contributed by atoms with van der Waals surface area (Å²) in [6.07, 6.45) is -0.936. The fourth-order valence-electron chi connectivity index (χ4n) is 5.52. The Bertz CT molecular complexity index is 1310. The van der Waals surface area contributed by atoms with Gasteiger partial charge in [0.15, 0.2) is 9.84 Å². The largest absolute Gasteiger partial charge is 0.390 e. The Hall–Kier alpha value is -3.29. The highest BCUT2D eigenvalue weighted by Gasteiger charge is 2.42. The molecule has 0 aromatic heterocycles. The summed E-state index contributed by atoms with van der Waals surface area (Å²) in [5, 5.41) is 14.7. The van der Waals surface area contributed by atoms with Crippen LogP contribution in [0.2, 0.25) is 0 Å². The van der Waals surface area contributed by atoms with Gasteiger partial charge in [-0.1, -0.05) is 121 Å². The van der Waals surface area contributed by atoms with Gasteiger partial charge >= 0.3 is 0 Å². The molecule has 4 aromatic rings. The van der Waals surface area contributed by atoms with Crippen LogP contribution >= 0.6 is 0 Å². The molecule has 1 fully saturated rings. The minimum atomic E-state index is -3.33. The Kier molecular flexibility index (Phi) is 8.35. The van der Waals surface area contributed by atoms with Crippen LogP contribution in [0.25, 0.3) is 0 Å². The van der Waals surface area contributed by atoms with E-state index in [2.05, 4.69) is 58.7 Å². The molecule has 0 spiro atoms. The van der Waals surface area contributed by atoms with Crippen LogP contribution in [0.5, 0.6) is 0 Å². The minimum absolute atomic E-state index is 0.0108. The zero-order chi connectivity index (χ0) is 26.4. The molecule has 2 N–H and O–H groups in total. The van der Waals surface area contributed by atoms with Crippen LogP contribution in [0.3, 0.4) is 0 Å². The zero-order valence-corrected chi connectivity index (χ0v) is 22.1. The molecule has 0 radical (unpaired) electrons. The van der Waals surface area contributed by atoms with Crippen LogP contribution in [0.1, 0.15) is 34.3 Å². The second-order valence-corrected chi connectivity index (χ2v) is 12.0. The van der Waals surface area contributed by atoms with E-state index in [0.29, 0.717) is 13.1 Å². The van der Waals surface area contributed by atoms with E-state index in [0.717, 1.165) is 22.3 Å². The molecule has 0 amide bonds. The predicted molar refractivity (Wildman–Crippen MR) is 153 cm³/mol. The lowest BCUT2D eigenvalue weighted by Crippen LogP contribution is -2.48. The third-order valence-corrected chi connectivity index (χ3v) is 8.96. The van der Waals surface area contributed by atoms with Gasteiger partial charge in [-0.3, -0.25) is 4.90 Å². The highest BCUT2D eigenvalue weighted by atomic mass is 32.2. The van der Waals surface area contributed by atoms with Crippen molar-refractivity contribution < 1.29 is 13.5 Å². The van der Waals surface area contributed by atoms with Crippen molar-refractivity contribution in [3.63, 3.8) is 0 Å². The van der Waals surface area contributed by atoms with Crippen LogP contribution in [-0.4, -0.2) is 55.2 Å². The van der Waals surface area contributed by atoms with Gasteiger partial charge in [-0.25, -0.2) is 8.42 Å². The summed E-state index contributed by atoms with van der Waals surface area (Å²) in [6.45, 7) is 1.16. The van der Waals surface area contributed by atoms with E-state index >= 15 is 0 Å². The van der Waals surface area contributed by atoms with Crippen molar-refractivity contribution in [3.8, 4) is 0 Å². The van der Waals surface area contributed by atoms with Crippen LogP contribution in [0.4, 0.5) is 0 Å². The van der Waals surface area contributed by atoms with Crippen LogP contribution in [0, 0.1) is 0 Å². The minimum Gasteiger partial charge on any atom is -0.390 e. The number of hydrogen-bond acceptors (Lipinski definition) is 5. The van der Waals surface area contributed by atoms with Crippen molar-refractivity contribution in [3.05, 3.63) is 144 Å². The van der Waals surface area contributed by atoms with Crippen molar-refractivity contribution >= 4 is 9.84 Å². The lowest BCUT2D eigenvalue weighted by Gasteiger charge is -2.38. The van der Waals surface area contributed by atoms with E-state index in [9.17, 15) is 13.5 Å². The number of nitrogens with zero attached hydrogens (tertiary/aromatic N) is 1. The standard InChI is InChI=1S/C32H34N2O3S/c35-30-24-38(36,37)23-29(30)34(32(27-17-9-3-10-18-27)28-19-11-4-12-20-28)22-21-33-31(25-13-5-1-6-14-25)26-15-7-2-8-16-26/h1-20,29-33,35H,21-24H2/t29-,30+/m0/s1. The maximum absolute atomic E-state index is 12.6. The molecule has 0 aliphatic carbocycles. The first kappa shape index (κ1) is 26.3. The normalized spacial score (nSPS) is 18.8. The SMILES string of the molecule is O=S1(=O)C[C@@H](O)[C@@H](N(CCNC(c2ccccc2)c2ccccc2)C(c2ccccc2)c2ccccc2)C1. The molecule has 4 aromatic carbocycles. The first-order valence-corrected chi connectivity index (χ1v) is 14.9. The number of nitrogens with one attached hydrogen (secondary N) is 1. The predicted octanol–water partition coefficient (Wildman–Crippen LogP) is 4.62. The summed E-state index contributed by atoms with van der Waals surface area (Å²) in [6, 6.07) is 40.2. The Morgan fingerprint density at radius 2 is 1.11 bits per heavy atom. The first-order valence-electron chi connectivity index (χ1n) is 13.1. The van der Waals surface area contributed by atoms with Crippen molar-refractivity contribution in [1.82, 2.24) is 10.2 Å². The molecule has 0 unspecified atom stereocenters. The molecule has 5 nitrogen and oxygen atoms in total. The van der Waals surface area contributed by atoms with Gasteiger partial charge in [0.2, 0.25) is 0 Å². The van der Waals surface area contributed by atoms with Crippen molar-refractivity contribution in [1.29, 1.82) is 0 Å². The van der Waals surface area contributed by atoms with Crippen molar-refractivity contribution in [2.75, 3.05) is 24.6 Å². The molecule has 2 atom stereocenters. The highest BCUT2D eigenvalue weighted by Crippen LogP contribution is 2.33. The van der Waals surface area contributed by atoms with Gasteiger partial charge in [0.05, 0.1) is 35.7 Å². The summed E-state index contributed by atoms with van der Waals surface area (Å²) in [5.41, 5.74) is 4.46. The van der Waals surface area contributed by atoms with Gasteiger partial charge in [-0.05, 0) is 22.3 Å². The van der Waals surface area contributed by atoms with E-state index in [1.807, 2.05) is 72.8 Å². The fourth-order valence-corrected chi connectivity index (χ4v) is 7.33. The molecular weight excluding hydrogens is 492 g/mol. The molecule has 196 valence electrons. The van der Waals surface area contributed by atoms with E-state index in [1.54, 1.807) is 0 Å². The van der Waals surface area contributed by atoms with Crippen molar-refractivity contribution in [2.45, 2.75) is 24.2 Å². The van der Waals surface area contributed by atoms with E-state index < -0.39 is 22.0 Å². The molecule has 1 aliphatic rings.